The summed E-state index contributed by atoms with van der Waals surface area (Å²) in [6.45, 7) is 7.41. The zero-order valence-corrected chi connectivity index (χ0v) is 38.9. The Labute approximate surface area is 405 Å². The van der Waals surface area contributed by atoms with Crippen LogP contribution in [0.5, 0.6) is 0 Å². The first-order chi connectivity index (χ1) is 32.9. The first kappa shape index (κ1) is 45.6. The van der Waals surface area contributed by atoms with Crippen LogP contribution in [-0.4, -0.2) is 77.7 Å². The maximum atomic E-state index is 13.5. The van der Waals surface area contributed by atoms with Crippen molar-refractivity contribution in [1.82, 2.24) is 39.5 Å². The number of halogens is 4. The maximum absolute atomic E-state index is 13.5. The van der Waals surface area contributed by atoms with E-state index in [1.807, 2.05) is 84.1 Å². The van der Waals surface area contributed by atoms with Gasteiger partial charge in [-0.15, -0.1) is 0 Å². The summed E-state index contributed by atoms with van der Waals surface area (Å²) in [5, 5.41) is 10.4. The van der Waals surface area contributed by atoms with E-state index in [2.05, 4.69) is 30.1 Å². The van der Waals surface area contributed by atoms with E-state index >= 15 is 0 Å². The summed E-state index contributed by atoms with van der Waals surface area (Å²) >= 11 is 18.4. The number of aromatic nitrogens is 8. The van der Waals surface area contributed by atoms with Crippen LogP contribution in [0.3, 0.4) is 0 Å². The Morgan fingerprint density at radius 2 is 1.04 bits per heavy atom. The molecule has 2 aliphatic heterocycles. The predicted octanol–water partition coefficient (Wildman–Crippen LogP) is 10.2. The van der Waals surface area contributed by atoms with Crippen LogP contribution in [0.25, 0.3) is 45.0 Å². The van der Waals surface area contributed by atoms with Gasteiger partial charge in [-0.3, -0.25) is 29.0 Å². The van der Waals surface area contributed by atoms with E-state index in [4.69, 9.17) is 46.3 Å². The highest BCUT2D eigenvalue weighted by Gasteiger charge is 2.33. The monoisotopic (exact) mass is 970 g/mol. The van der Waals surface area contributed by atoms with E-state index in [1.165, 1.54) is 18.2 Å². The molecule has 2 fully saturated rings. The molecule has 0 aliphatic carbocycles. The summed E-state index contributed by atoms with van der Waals surface area (Å²) in [4.78, 5) is 49.8. The molecule has 344 valence electrons. The Bertz CT molecular complexity index is 3200. The SMILES string of the molecule is CCn1cc(-c2cccc(N3CCN(c4ccc(Cl)c(Cl)c4)C3=O)c2)c(-c2ccnc(N)n2)n1.CCn1cc(-c2cccc(N3CCN(c4ccc(F)cc4Cl)C3=O)c2)c(-c2ccnc(N)n2)n1. The number of nitrogen functional groups attached to an aromatic ring is 2. The van der Waals surface area contributed by atoms with Crippen molar-refractivity contribution in [1.29, 1.82) is 0 Å². The van der Waals surface area contributed by atoms with Gasteiger partial charge in [-0.1, -0.05) is 59.1 Å². The molecule has 0 unspecified atom stereocenters. The second-order valence-corrected chi connectivity index (χ2v) is 16.8. The third kappa shape index (κ3) is 9.23. The number of rotatable bonds is 10. The fourth-order valence-corrected chi connectivity index (χ4v) is 8.59. The zero-order valence-electron chi connectivity index (χ0n) is 36.6. The van der Waals surface area contributed by atoms with E-state index in [-0.39, 0.29) is 29.0 Å². The molecule has 6 heterocycles. The van der Waals surface area contributed by atoms with Crippen LogP contribution in [0, 0.1) is 5.82 Å². The van der Waals surface area contributed by atoms with Crippen molar-refractivity contribution in [2.75, 3.05) is 57.2 Å². The van der Waals surface area contributed by atoms with Crippen molar-refractivity contribution in [3.63, 3.8) is 0 Å². The van der Waals surface area contributed by atoms with Gasteiger partial charge in [-0.25, -0.2) is 33.9 Å². The Balaban J connectivity index is 0.000000170. The number of nitrogens with zero attached hydrogens (tertiary/aromatic N) is 12. The standard InChI is InChI=1S/C24H21Cl2N7O.C24H21ClFN7O/c1-2-31-14-18(22(30-31)21-8-9-28-23(27)29-21)15-4-3-5-16(12-15)32-10-11-33(24(32)34)17-6-7-19(25)20(26)13-17;1-2-31-14-18(22(30-31)20-8-9-28-23(27)29-20)15-4-3-5-17(12-15)32-10-11-33(24(32)34)21-7-6-16(26)13-19(21)25/h2*3-9,12-14H,2,10-11H2,1H3,(H2,27,28,29). The summed E-state index contributed by atoms with van der Waals surface area (Å²) in [6, 6.07) is 27.9. The third-order valence-corrected chi connectivity index (χ3v) is 12.4. The highest BCUT2D eigenvalue weighted by Crippen LogP contribution is 2.37. The van der Waals surface area contributed by atoms with Gasteiger partial charge in [0.25, 0.3) is 0 Å². The van der Waals surface area contributed by atoms with Crippen molar-refractivity contribution in [3.8, 4) is 45.0 Å². The van der Waals surface area contributed by atoms with Gasteiger partial charge >= 0.3 is 12.1 Å². The lowest BCUT2D eigenvalue weighted by molar-refractivity contribution is 0.255. The molecular weight excluding hydrogens is 930 g/mol. The van der Waals surface area contributed by atoms with Crippen molar-refractivity contribution in [2.24, 2.45) is 0 Å². The molecule has 4 aromatic carbocycles. The van der Waals surface area contributed by atoms with Crippen molar-refractivity contribution >= 4 is 81.5 Å². The first-order valence-corrected chi connectivity index (χ1v) is 22.6. The van der Waals surface area contributed by atoms with Gasteiger partial charge in [0.2, 0.25) is 11.9 Å². The van der Waals surface area contributed by atoms with E-state index in [1.54, 1.807) is 62.3 Å². The summed E-state index contributed by atoms with van der Waals surface area (Å²) in [6.07, 6.45) is 7.13. The number of amides is 4. The maximum Gasteiger partial charge on any atom is 0.329 e. The number of benzene rings is 4. The quantitative estimate of drug-likeness (QED) is 0.134. The number of urea groups is 2. The van der Waals surface area contributed by atoms with Crippen LogP contribution in [0.4, 0.5) is 48.6 Å². The van der Waals surface area contributed by atoms with Crippen LogP contribution >= 0.6 is 34.8 Å². The number of aryl methyl sites for hydroxylation is 2. The van der Waals surface area contributed by atoms with Crippen LogP contribution in [0.2, 0.25) is 15.1 Å². The van der Waals surface area contributed by atoms with E-state index < -0.39 is 5.82 Å². The molecule has 2 aliphatic rings. The Morgan fingerprint density at radius 3 is 1.51 bits per heavy atom. The van der Waals surface area contributed by atoms with Gasteiger partial charge < -0.3 is 11.5 Å². The predicted molar refractivity (Wildman–Crippen MR) is 266 cm³/mol. The molecule has 20 heteroatoms. The fraction of sp³-hybridized carbons (Fsp3) is 0.167. The topological polar surface area (TPSA) is 186 Å². The lowest BCUT2D eigenvalue weighted by Gasteiger charge is -2.20. The van der Waals surface area contributed by atoms with Crippen LogP contribution < -0.4 is 31.1 Å². The smallest absolute Gasteiger partial charge is 0.329 e. The molecule has 0 saturated carbocycles. The molecule has 2 saturated heterocycles. The molecule has 4 aromatic heterocycles. The van der Waals surface area contributed by atoms with E-state index in [0.717, 1.165) is 33.6 Å². The summed E-state index contributed by atoms with van der Waals surface area (Å²) in [7, 11) is 0. The van der Waals surface area contributed by atoms with Crippen molar-refractivity contribution < 1.29 is 14.0 Å². The van der Waals surface area contributed by atoms with Crippen LogP contribution in [-0.2, 0) is 13.1 Å². The molecule has 10 rings (SSSR count). The van der Waals surface area contributed by atoms with Gasteiger partial charge in [0.05, 0.1) is 32.1 Å². The molecule has 16 nitrogen and oxygen atoms in total. The molecule has 4 amide bonds. The second-order valence-electron chi connectivity index (χ2n) is 15.6. The average Bonchev–Trinajstić information content (AvgIpc) is 4.16. The van der Waals surface area contributed by atoms with Gasteiger partial charge in [0, 0.05) is 92.2 Å². The van der Waals surface area contributed by atoms with Gasteiger partial charge in [0.1, 0.15) is 17.2 Å². The molecule has 0 atom stereocenters. The summed E-state index contributed by atoms with van der Waals surface area (Å²) in [5.74, 6) is -0.0856. The summed E-state index contributed by atoms with van der Waals surface area (Å²) < 4.78 is 17.1. The molecule has 4 N–H and O–H groups in total. The van der Waals surface area contributed by atoms with Crippen LogP contribution in [0.1, 0.15) is 13.8 Å². The Hall–Kier alpha value is -7.60. The number of hydrogen-bond donors (Lipinski definition) is 2. The minimum Gasteiger partial charge on any atom is -0.368 e. The van der Waals surface area contributed by atoms with Gasteiger partial charge in [-0.05, 0) is 97.8 Å². The minimum absolute atomic E-state index is 0.122. The highest BCUT2D eigenvalue weighted by atomic mass is 35.5. The molecule has 0 bridgehead atoms. The van der Waals surface area contributed by atoms with Crippen LogP contribution in [0.15, 0.2) is 122 Å². The van der Waals surface area contributed by atoms with Gasteiger partial charge in [-0.2, -0.15) is 10.2 Å². The Morgan fingerprint density at radius 1 is 0.559 bits per heavy atom. The molecule has 8 aromatic rings. The largest absolute Gasteiger partial charge is 0.368 e. The zero-order chi connectivity index (χ0) is 47.6. The number of carbonyl (C=O) groups is 2. The van der Waals surface area contributed by atoms with E-state index in [9.17, 15) is 14.0 Å². The normalized spacial score (nSPS) is 13.7. The number of hydrogen-bond acceptors (Lipinski definition) is 10. The molecule has 68 heavy (non-hydrogen) atoms. The minimum atomic E-state index is -0.446. The third-order valence-electron chi connectivity index (χ3n) is 11.4. The summed E-state index contributed by atoms with van der Waals surface area (Å²) in [5.41, 5.74) is 20.5. The van der Waals surface area contributed by atoms with Crippen molar-refractivity contribution in [2.45, 2.75) is 26.9 Å². The highest BCUT2D eigenvalue weighted by molar-refractivity contribution is 6.42. The number of nitrogens with two attached hydrogens (primary N) is 2. The van der Waals surface area contributed by atoms with E-state index in [0.29, 0.717) is 83.5 Å². The van der Waals surface area contributed by atoms with Gasteiger partial charge in [0.15, 0.2) is 0 Å². The average molecular weight is 972 g/mol. The Kier molecular flexibility index (Phi) is 12.9. The number of carbonyl (C=O) groups excluding carboxylic acids is 2. The lowest BCUT2D eigenvalue weighted by atomic mass is 10.0. The second kappa shape index (κ2) is 19.3. The van der Waals surface area contributed by atoms with Crippen molar-refractivity contribution in [3.05, 3.63) is 143 Å². The molecule has 0 spiro atoms. The first-order valence-electron chi connectivity index (χ1n) is 21.5. The molecular formula is C48H42Cl3FN14O2. The fourth-order valence-electron chi connectivity index (χ4n) is 8.03. The molecule has 0 radical (unpaired) electrons. The lowest BCUT2D eigenvalue weighted by Crippen LogP contribution is -2.31. The number of anilines is 6.